The lowest BCUT2D eigenvalue weighted by Gasteiger charge is -2.34. The van der Waals surface area contributed by atoms with Gasteiger partial charge in [-0.1, -0.05) is 18.2 Å². The van der Waals surface area contributed by atoms with Gasteiger partial charge in [0.05, 0.1) is 18.4 Å². The van der Waals surface area contributed by atoms with Crippen molar-refractivity contribution in [2.75, 3.05) is 23.3 Å². The van der Waals surface area contributed by atoms with E-state index in [0.29, 0.717) is 10.8 Å². The molecule has 2 N–H and O–H groups in total. The zero-order valence-electron chi connectivity index (χ0n) is 15.8. The molecule has 7 nitrogen and oxygen atoms in total. The van der Waals surface area contributed by atoms with Gasteiger partial charge in [0, 0.05) is 30.2 Å². The van der Waals surface area contributed by atoms with Gasteiger partial charge in [-0.05, 0) is 37.1 Å². The zero-order chi connectivity index (χ0) is 20.1. The number of para-hydroxylation sites is 1. The standard InChI is InChI=1S/C21H22N4O3S/c26-19(22-15-6-4-10-25(13-15)17-7-2-1-3-8-17)12-16-14-29-21(23-16)24-20(27)18-9-5-11-28-18/h1-3,5,7-9,11,14-15H,4,6,10,12-13H2,(H,22,26)(H,23,24,27). The van der Waals surface area contributed by atoms with Gasteiger partial charge in [-0.2, -0.15) is 0 Å². The van der Waals surface area contributed by atoms with Crippen molar-refractivity contribution in [1.29, 1.82) is 0 Å². The Morgan fingerprint density at radius 1 is 1.21 bits per heavy atom. The van der Waals surface area contributed by atoms with Crippen LogP contribution in [0.5, 0.6) is 0 Å². The summed E-state index contributed by atoms with van der Waals surface area (Å²) >= 11 is 1.29. The van der Waals surface area contributed by atoms with Crippen LogP contribution in [0.15, 0.2) is 58.5 Å². The Bertz CT molecular complexity index is 955. The molecule has 0 radical (unpaired) electrons. The summed E-state index contributed by atoms with van der Waals surface area (Å²) in [5, 5.41) is 8.03. The van der Waals surface area contributed by atoms with Crippen molar-refractivity contribution in [3.05, 3.63) is 65.6 Å². The monoisotopic (exact) mass is 410 g/mol. The summed E-state index contributed by atoms with van der Waals surface area (Å²) in [5.74, 6) is -0.192. The number of nitrogens with one attached hydrogen (secondary N) is 2. The molecule has 4 rings (SSSR count). The van der Waals surface area contributed by atoms with Gasteiger partial charge < -0.3 is 14.6 Å². The predicted octanol–water partition coefficient (Wildman–Crippen LogP) is 3.32. The molecule has 0 saturated carbocycles. The van der Waals surface area contributed by atoms with Crippen molar-refractivity contribution in [3.63, 3.8) is 0 Å². The summed E-state index contributed by atoms with van der Waals surface area (Å²) in [6, 6.07) is 13.6. The van der Waals surface area contributed by atoms with Crippen LogP contribution in [0.2, 0.25) is 0 Å². The van der Waals surface area contributed by atoms with E-state index in [-0.39, 0.29) is 30.0 Å². The number of furan rings is 1. The summed E-state index contributed by atoms with van der Waals surface area (Å²) in [5.41, 5.74) is 1.82. The van der Waals surface area contributed by atoms with Crippen LogP contribution < -0.4 is 15.5 Å². The van der Waals surface area contributed by atoms with Gasteiger partial charge in [0.1, 0.15) is 0 Å². The molecule has 1 aliphatic heterocycles. The fourth-order valence-electron chi connectivity index (χ4n) is 3.42. The second kappa shape index (κ2) is 8.91. The van der Waals surface area contributed by atoms with E-state index < -0.39 is 0 Å². The lowest BCUT2D eigenvalue weighted by Crippen LogP contribution is -2.48. The molecule has 0 aliphatic carbocycles. The third-order valence-corrected chi connectivity index (χ3v) is 5.57. The summed E-state index contributed by atoms with van der Waals surface area (Å²) in [4.78, 5) is 31.1. The number of thiazole rings is 1. The molecule has 1 atom stereocenters. The normalized spacial score (nSPS) is 16.4. The third-order valence-electron chi connectivity index (χ3n) is 4.77. The number of amides is 2. The second-order valence-corrected chi connectivity index (χ2v) is 7.80. The highest BCUT2D eigenvalue weighted by Gasteiger charge is 2.22. The second-order valence-electron chi connectivity index (χ2n) is 6.94. The van der Waals surface area contributed by atoms with E-state index in [1.165, 1.54) is 23.3 Å². The number of rotatable bonds is 6. The average Bonchev–Trinajstić information content (AvgIpc) is 3.41. The molecule has 1 fully saturated rings. The van der Waals surface area contributed by atoms with Crippen LogP contribution in [-0.4, -0.2) is 35.9 Å². The van der Waals surface area contributed by atoms with Crippen molar-refractivity contribution in [2.45, 2.75) is 25.3 Å². The highest BCUT2D eigenvalue weighted by molar-refractivity contribution is 7.14. The SMILES string of the molecule is O=C(Cc1csc(NC(=O)c2ccco2)n1)NC1CCCN(c2ccccc2)C1. The number of piperidine rings is 1. The summed E-state index contributed by atoms with van der Waals surface area (Å²) in [6.07, 6.45) is 3.64. The van der Waals surface area contributed by atoms with Gasteiger partial charge >= 0.3 is 0 Å². The van der Waals surface area contributed by atoms with E-state index >= 15 is 0 Å². The molecular weight excluding hydrogens is 388 g/mol. The molecular formula is C21H22N4O3S. The average molecular weight is 410 g/mol. The van der Waals surface area contributed by atoms with Gasteiger partial charge in [0.25, 0.3) is 5.91 Å². The predicted molar refractivity (Wildman–Crippen MR) is 112 cm³/mol. The first kappa shape index (κ1) is 19.2. The molecule has 0 bridgehead atoms. The summed E-state index contributed by atoms with van der Waals surface area (Å²) in [6.45, 7) is 1.80. The van der Waals surface area contributed by atoms with Crippen molar-refractivity contribution in [3.8, 4) is 0 Å². The topological polar surface area (TPSA) is 87.5 Å². The number of benzene rings is 1. The molecule has 1 aliphatic rings. The number of carbonyl (C=O) groups is 2. The fourth-order valence-corrected chi connectivity index (χ4v) is 4.13. The van der Waals surface area contributed by atoms with E-state index in [1.807, 2.05) is 18.2 Å². The van der Waals surface area contributed by atoms with E-state index in [9.17, 15) is 9.59 Å². The van der Waals surface area contributed by atoms with E-state index in [4.69, 9.17) is 4.42 Å². The molecule has 1 unspecified atom stereocenters. The van der Waals surface area contributed by atoms with Crippen LogP contribution in [0.25, 0.3) is 0 Å². The molecule has 2 amide bonds. The van der Waals surface area contributed by atoms with Crippen LogP contribution in [0.1, 0.15) is 29.1 Å². The molecule has 1 aromatic carbocycles. The Morgan fingerprint density at radius 3 is 2.86 bits per heavy atom. The fraction of sp³-hybridized carbons (Fsp3) is 0.286. The molecule has 2 aromatic heterocycles. The van der Waals surface area contributed by atoms with Gasteiger partial charge in [-0.15, -0.1) is 11.3 Å². The minimum absolute atomic E-state index is 0.0564. The number of aromatic nitrogens is 1. The van der Waals surface area contributed by atoms with Crippen LogP contribution in [0.4, 0.5) is 10.8 Å². The van der Waals surface area contributed by atoms with Crippen LogP contribution in [0, 0.1) is 0 Å². The molecule has 3 heterocycles. The summed E-state index contributed by atoms with van der Waals surface area (Å²) in [7, 11) is 0. The van der Waals surface area contributed by atoms with Crippen molar-refractivity contribution < 1.29 is 14.0 Å². The number of hydrogen-bond donors (Lipinski definition) is 2. The van der Waals surface area contributed by atoms with Gasteiger partial charge in [-0.25, -0.2) is 4.98 Å². The van der Waals surface area contributed by atoms with Gasteiger partial charge in [0.2, 0.25) is 5.91 Å². The number of anilines is 2. The highest BCUT2D eigenvalue weighted by atomic mass is 32.1. The van der Waals surface area contributed by atoms with Gasteiger partial charge in [0.15, 0.2) is 10.9 Å². The number of nitrogens with zero attached hydrogens (tertiary/aromatic N) is 2. The molecule has 8 heteroatoms. The van der Waals surface area contributed by atoms with Crippen LogP contribution in [0.3, 0.4) is 0 Å². The van der Waals surface area contributed by atoms with Crippen LogP contribution in [-0.2, 0) is 11.2 Å². The van der Waals surface area contributed by atoms with Crippen LogP contribution >= 0.6 is 11.3 Å². The highest BCUT2D eigenvalue weighted by Crippen LogP contribution is 2.20. The minimum atomic E-state index is -0.358. The first-order chi connectivity index (χ1) is 14.2. The Morgan fingerprint density at radius 2 is 2.07 bits per heavy atom. The largest absolute Gasteiger partial charge is 0.459 e. The van der Waals surface area contributed by atoms with Gasteiger partial charge in [-0.3, -0.25) is 14.9 Å². The van der Waals surface area contributed by atoms with Crippen molar-refractivity contribution in [1.82, 2.24) is 10.3 Å². The van der Waals surface area contributed by atoms with Crippen molar-refractivity contribution in [2.24, 2.45) is 0 Å². The molecule has 3 aromatic rings. The zero-order valence-corrected chi connectivity index (χ0v) is 16.7. The van der Waals surface area contributed by atoms with Crippen molar-refractivity contribution >= 4 is 34.0 Å². The number of carbonyl (C=O) groups excluding carboxylic acids is 2. The Labute approximate surface area is 172 Å². The smallest absolute Gasteiger partial charge is 0.293 e. The lowest BCUT2D eigenvalue weighted by molar-refractivity contribution is -0.121. The first-order valence-corrected chi connectivity index (χ1v) is 10.4. The molecule has 150 valence electrons. The third kappa shape index (κ3) is 5.03. The maximum absolute atomic E-state index is 12.5. The Kier molecular flexibility index (Phi) is 5.90. The minimum Gasteiger partial charge on any atom is -0.459 e. The molecule has 29 heavy (non-hydrogen) atoms. The Hall–Kier alpha value is -3.13. The maximum atomic E-state index is 12.5. The Balaban J connectivity index is 1.28. The molecule has 1 saturated heterocycles. The van der Waals surface area contributed by atoms with E-state index in [1.54, 1.807) is 17.5 Å². The summed E-state index contributed by atoms with van der Waals surface area (Å²) < 4.78 is 5.06. The maximum Gasteiger partial charge on any atom is 0.293 e. The van der Waals surface area contributed by atoms with E-state index in [2.05, 4.69) is 32.7 Å². The lowest BCUT2D eigenvalue weighted by atomic mass is 10.0. The quantitative estimate of drug-likeness (QED) is 0.651. The number of hydrogen-bond acceptors (Lipinski definition) is 6. The van der Waals surface area contributed by atoms with E-state index in [0.717, 1.165) is 25.9 Å². The first-order valence-electron chi connectivity index (χ1n) is 9.56. The molecule has 0 spiro atoms.